The van der Waals surface area contributed by atoms with Gasteiger partial charge in [0.15, 0.2) is 0 Å². The van der Waals surface area contributed by atoms with E-state index in [0.29, 0.717) is 22.6 Å². The third-order valence-corrected chi connectivity index (χ3v) is 4.94. The Labute approximate surface area is 159 Å². The zero-order chi connectivity index (χ0) is 19.4. The van der Waals surface area contributed by atoms with E-state index >= 15 is 0 Å². The standard InChI is InChI=1S/C19H17N3O4S/c1-12-7-8-14(10-17(12)22(24)25)20-19(23)16-5-3-4-6-18(16)27-11-15-9-13(2)21-26-15/h3-10H,11H2,1-2H3,(H,20,23). The van der Waals surface area contributed by atoms with Gasteiger partial charge in [0.25, 0.3) is 11.6 Å². The first-order chi connectivity index (χ1) is 12.9. The van der Waals surface area contributed by atoms with Crippen LogP contribution in [0.25, 0.3) is 0 Å². The van der Waals surface area contributed by atoms with Crippen LogP contribution in [0, 0.1) is 24.0 Å². The maximum Gasteiger partial charge on any atom is 0.274 e. The third kappa shape index (κ3) is 4.53. The minimum atomic E-state index is -0.464. The number of aromatic nitrogens is 1. The van der Waals surface area contributed by atoms with E-state index in [1.165, 1.54) is 17.8 Å². The molecule has 0 fully saturated rings. The fraction of sp³-hybridized carbons (Fsp3) is 0.158. The molecule has 0 atom stereocenters. The lowest BCUT2D eigenvalue weighted by Gasteiger charge is -2.10. The van der Waals surface area contributed by atoms with Gasteiger partial charge >= 0.3 is 0 Å². The summed E-state index contributed by atoms with van der Waals surface area (Å²) in [5.41, 5.74) is 2.18. The molecule has 1 aromatic heterocycles. The monoisotopic (exact) mass is 383 g/mol. The number of rotatable bonds is 6. The minimum Gasteiger partial charge on any atom is -0.360 e. The van der Waals surface area contributed by atoms with E-state index in [9.17, 15) is 14.9 Å². The number of nitrogens with one attached hydrogen (secondary N) is 1. The van der Waals surface area contributed by atoms with Crippen LogP contribution in [0.4, 0.5) is 11.4 Å². The van der Waals surface area contributed by atoms with Crippen molar-refractivity contribution in [3.63, 3.8) is 0 Å². The highest BCUT2D eigenvalue weighted by Crippen LogP contribution is 2.28. The van der Waals surface area contributed by atoms with E-state index in [-0.39, 0.29) is 11.6 Å². The van der Waals surface area contributed by atoms with Crippen molar-refractivity contribution in [2.24, 2.45) is 0 Å². The molecule has 0 spiro atoms. The molecule has 1 N–H and O–H groups in total. The van der Waals surface area contributed by atoms with Crippen LogP contribution < -0.4 is 5.32 Å². The predicted octanol–water partition coefficient (Wildman–Crippen LogP) is 4.74. The molecular formula is C19H17N3O4S. The highest BCUT2D eigenvalue weighted by Gasteiger charge is 2.16. The molecule has 0 unspecified atom stereocenters. The summed E-state index contributed by atoms with van der Waals surface area (Å²) in [6, 6.07) is 13.7. The van der Waals surface area contributed by atoms with Gasteiger partial charge in [0.2, 0.25) is 0 Å². The number of carbonyl (C=O) groups is 1. The van der Waals surface area contributed by atoms with E-state index in [0.717, 1.165) is 16.3 Å². The van der Waals surface area contributed by atoms with Crippen LogP contribution >= 0.6 is 11.8 Å². The van der Waals surface area contributed by atoms with Crippen LogP contribution in [0.2, 0.25) is 0 Å². The van der Waals surface area contributed by atoms with Gasteiger partial charge in [0.1, 0.15) is 5.76 Å². The van der Waals surface area contributed by atoms with Crippen molar-refractivity contribution >= 4 is 29.0 Å². The van der Waals surface area contributed by atoms with E-state index < -0.39 is 4.92 Å². The summed E-state index contributed by atoms with van der Waals surface area (Å²) in [7, 11) is 0. The summed E-state index contributed by atoms with van der Waals surface area (Å²) in [5.74, 6) is 0.938. The Kier molecular flexibility index (Phi) is 5.56. The first-order valence-corrected chi connectivity index (χ1v) is 9.13. The Morgan fingerprint density at radius 1 is 1.22 bits per heavy atom. The highest BCUT2D eigenvalue weighted by atomic mass is 32.2. The third-order valence-electron chi connectivity index (χ3n) is 3.84. The van der Waals surface area contributed by atoms with Crippen LogP contribution in [0.1, 0.15) is 27.4 Å². The lowest BCUT2D eigenvalue weighted by atomic mass is 10.1. The molecule has 8 heteroatoms. The average molecular weight is 383 g/mol. The Bertz CT molecular complexity index is 1000. The number of amides is 1. The maximum atomic E-state index is 12.7. The number of thioether (sulfide) groups is 1. The smallest absolute Gasteiger partial charge is 0.274 e. The van der Waals surface area contributed by atoms with Crippen molar-refractivity contribution in [1.82, 2.24) is 5.16 Å². The minimum absolute atomic E-state index is 0.0313. The fourth-order valence-electron chi connectivity index (χ4n) is 2.50. The van der Waals surface area contributed by atoms with Crippen molar-refractivity contribution in [1.29, 1.82) is 0 Å². The second-order valence-electron chi connectivity index (χ2n) is 5.93. The van der Waals surface area contributed by atoms with Gasteiger partial charge in [-0.25, -0.2) is 0 Å². The number of aryl methyl sites for hydroxylation is 2. The molecule has 1 amide bonds. The zero-order valence-corrected chi connectivity index (χ0v) is 15.6. The number of benzene rings is 2. The molecule has 27 heavy (non-hydrogen) atoms. The first-order valence-electron chi connectivity index (χ1n) is 8.14. The molecule has 3 aromatic rings. The van der Waals surface area contributed by atoms with Gasteiger partial charge in [-0.1, -0.05) is 23.4 Å². The Morgan fingerprint density at radius 3 is 2.70 bits per heavy atom. The molecule has 2 aromatic carbocycles. The van der Waals surface area contributed by atoms with Gasteiger partial charge in [-0.3, -0.25) is 14.9 Å². The van der Waals surface area contributed by atoms with Crippen molar-refractivity contribution < 1.29 is 14.2 Å². The second kappa shape index (κ2) is 8.05. The van der Waals surface area contributed by atoms with Gasteiger partial charge in [-0.15, -0.1) is 11.8 Å². The molecule has 0 saturated carbocycles. The summed E-state index contributed by atoms with van der Waals surface area (Å²) >= 11 is 1.46. The quantitative estimate of drug-likeness (QED) is 0.375. The van der Waals surface area contributed by atoms with Gasteiger partial charge < -0.3 is 9.84 Å². The van der Waals surface area contributed by atoms with Crippen molar-refractivity contribution in [2.45, 2.75) is 24.5 Å². The van der Waals surface area contributed by atoms with E-state index in [1.54, 1.807) is 31.2 Å². The van der Waals surface area contributed by atoms with Crippen molar-refractivity contribution in [3.8, 4) is 0 Å². The average Bonchev–Trinajstić information content (AvgIpc) is 3.07. The van der Waals surface area contributed by atoms with E-state index in [1.807, 2.05) is 25.1 Å². The molecule has 0 bridgehead atoms. The Morgan fingerprint density at radius 2 is 2.00 bits per heavy atom. The van der Waals surface area contributed by atoms with Gasteiger partial charge in [0, 0.05) is 28.3 Å². The first kappa shape index (κ1) is 18.7. The topological polar surface area (TPSA) is 98.3 Å². The molecule has 3 rings (SSSR count). The molecule has 0 radical (unpaired) electrons. The number of carbonyl (C=O) groups excluding carboxylic acids is 1. The van der Waals surface area contributed by atoms with Crippen LogP contribution in [0.3, 0.4) is 0 Å². The fourth-order valence-corrected chi connectivity index (χ4v) is 3.42. The predicted molar refractivity (Wildman–Crippen MR) is 103 cm³/mol. The lowest BCUT2D eigenvalue weighted by Crippen LogP contribution is -2.13. The van der Waals surface area contributed by atoms with Crippen LogP contribution in [0.5, 0.6) is 0 Å². The normalized spacial score (nSPS) is 10.6. The molecule has 0 aliphatic rings. The lowest BCUT2D eigenvalue weighted by molar-refractivity contribution is -0.385. The maximum absolute atomic E-state index is 12.7. The Balaban J connectivity index is 1.77. The molecule has 138 valence electrons. The number of hydrogen-bond acceptors (Lipinski definition) is 6. The van der Waals surface area contributed by atoms with Crippen LogP contribution in [-0.4, -0.2) is 16.0 Å². The van der Waals surface area contributed by atoms with Crippen LogP contribution in [-0.2, 0) is 5.75 Å². The molecule has 0 aliphatic carbocycles. The van der Waals surface area contributed by atoms with Crippen molar-refractivity contribution in [2.75, 3.05) is 5.32 Å². The van der Waals surface area contributed by atoms with Gasteiger partial charge in [-0.2, -0.15) is 0 Å². The van der Waals surface area contributed by atoms with Crippen molar-refractivity contribution in [3.05, 3.63) is 81.2 Å². The summed E-state index contributed by atoms with van der Waals surface area (Å²) in [6.07, 6.45) is 0. The van der Waals surface area contributed by atoms with E-state index in [4.69, 9.17) is 4.52 Å². The second-order valence-corrected chi connectivity index (χ2v) is 6.95. The number of hydrogen-bond donors (Lipinski definition) is 1. The molecule has 0 aliphatic heterocycles. The number of nitro benzene ring substituents is 1. The summed E-state index contributed by atoms with van der Waals surface area (Å²) in [6.45, 7) is 3.50. The van der Waals surface area contributed by atoms with Gasteiger partial charge in [0.05, 0.1) is 21.9 Å². The molecular weight excluding hydrogens is 366 g/mol. The molecule has 7 nitrogen and oxygen atoms in total. The SMILES string of the molecule is Cc1cc(CSc2ccccc2C(=O)Nc2ccc(C)c([N+](=O)[O-])c2)on1. The summed E-state index contributed by atoms with van der Waals surface area (Å²) in [5, 5.41) is 17.7. The number of nitro groups is 1. The zero-order valence-electron chi connectivity index (χ0n) is 14.8. The summed E-state index contributed by atoms with van der Waals surface area (Å²) < 4.78 is 5.19. The number of anilines is 1. The largest absolute Gasteiger partial charge is 0.360 e. The molecule has 1 heterocycles. The number of nitrogens with zero attached hydrogens (tertiary/aromatic N) is 2. The highest BCUT2D eigenvalue weighted by molar-refractivity contribution is 7.98. The summed E-state index contributed by atoms with van der Waals surface area (Å²) in [4.78, 5) is 24.1. The van der Waals surface area contributed by atoms with Crippen LogP contribution in [0.15, 0.2) is 57.9 Å². The van der Waals surface area contributed by atoms with E-state index in [2.05, 4.69) is 10.5 Å². The molecule has 0 saturated heterocycles. The Hall–Kier alpha value is -3.13. The van der Waals surface area contributed by atoms with Gasteiger partial charge in [-0.05, 0) is 32.0 Å².